The molecule has 3 heterocycles. The number of imide groups is 1. The lowest BCUT2D eigenvalue weighted by Gasteiger charge is -2.42. The highest BCUT2D eigenvalue weighted by Crippen LogP contribution is 2.39. The maximum atomic E-state index is 13.2. The summed E-state index contributed by atoms with van der Waals surface area (Å²) in [6.07, 6.45) is 1.66. The molecular formula is C18H17IN2O5. The molecule has 0 radical (unpaired) electrons. The van der Waals surface area contributed by atoms with Crippen LogP contribution in [-0.4, -0.2) is 62.7 Å². The van der Waals surface area contributed by atoms with Crippen molar-refractivity contribution in [3.05, 3.63) is 35.4 Å². The molecule has 0 N–H and O–H groups in total. The van der Waals surface area contributed by atoms with E-state index in [2.05, 4.69) is 22.6 Å². The lowest BCUT2D eigenvalue weighted by molar-refractivity contribution is -0.155. The summed E-state index contributed by atoms with van der Waals surface area (Å²) in [5.41, 5.74) is 0.645. The second kappa shape index (κ2) is 6.33. The van der Waals surface area contributed by atoms with Crippen molar-refractivity contribution in [2.45, 2.75) is 41.3 Å². The number of carbonyl (C=O) groups is 4. The molecule has 7 nitrogen and oxygen atoms in total. The molecule has 2 fully saturated rings. The van der Waals surface area contributed by atoms with E-state index in [1.165, 1.54) is 7.11 Å². The highest BCUT2D eigenvalue weighted by molar-refractivity contribution is 14.1. The summed E-state index contributed by atoms with van der Waals surface area (Å²) in [6.45, 7) is 0. The number of piperidine rings is 1. The van der Waals surface area contributed by atoms with E-state index in [0.717, 1.165) is 4.90 Å². The van der Waals surface area contributed by atoms with E-state index >= 15 is 0 Å². The Bertz CT molecular complexity index is 791. The Morgan fingerprint density at radius 1 is 1.12 bits per heavy atom. The van der Waals surface area contributed by atoms with Gasteiger partial charge < -0.3 is 9.64 Å². The van der Waals surface area contributed by atoms with Crippen LogP contribution in [0.2, 0.25) is 0 Å². The van der Waals surface area contributed by atoms with Crippen LogP contribution in [0.1, 0.15) is 40.0 Å². The molecule has 0 saturated carbocycles. The molecule has 136 valence electrons. The number of nitrogens with zero attached hydrogens (tertiary/aromatic N) is 2. The number of methoxy groups -OCH3 is 1. The molecule has 0 aliphatic carbocycles. The van der Waals surface area contributed by atoms with Crippen molar-refractivity contribution in [2.24, 2.45) is 0 Å². The van der Waals surface area contributed by atoms with Crippen molar-refractivity contribution in [1.29, 1.82) is 0 Å². The van der Waals surface area contributed by atoms with Crippen LogP contribution in [0.3, 0.4) is 0 Å². The van der Waals surface area contributed by atoms with Gasteiger partial charge in [-0.15, -0.1) is 0 Å². The molecule has 3 amide bonds. The van der Waals surface area contributed by atoms with Crippen molar-refractivity contribution >= 4 is 46.3 Å². The summed E-state index contributed by atoms with van der Waals surface area (Å²) in [7, 11) is 1.30. The number of amides is 3. The maximum Gasteiger partial charge on any atom is 0.328 e. The molecule has 4 rings (SSSR count). The van der Waals surface area contributed by atoms with Crippen LogP contribution in [0, 0.1) is 0 Å². The van der Waals surface area contributed by atoms with Gasteiger partial charge in [-0.05, 0) is 31.4 Å². The van der Waals surface area contributed by atoms with Crippen molar-refractivity contribution in [3.8, 4) is 0 Å². The Morgan fingerprint density at radius 2 is 1.73 bits per heavy atom. The second-order valence-corrected chi connectivity index (χ2v) is 8.32. The third-order valence-corrected chi connectivity index (χ3v) is 6.78. The van der Waals surface area contributed by atoms with Gasteiger partial charge in [-0.3, -0.25) is 19.3 Å². The van der Waals surface area contributed by atoms with Gasteiger partial charge in [0.15, 0.2) is 0 Å². The van der Waals surface area contributed by atoms with Crippen LogP contribution in [0.4, 0.5) is 0 Å². The molecule has 1 aromatic rings. The zero-order valence-corrected chi connectivity index (χ0v) is 16.2. The first-order valence-electron chi connectivity index (χ1n) is 8.46. The number of ether oxygens (including phenoxy) is 1. The number of halogens is 1. The average molecular weight is 468 g/mol. The molecule has 3 aliphatic heterocycles. The molecule has 2 saturated heterocycles. The van der Waals surface area contributed by atoms with Crippen LogP contribution in [0.25, 0.3) is 0 Å². The number of esters is 1. The van der Waals surface area contributed by atoms with Crippen LogP contribution >= 0.6 is 22.6 Å². The quantitative estimate of drug-likeness (QED) is 0.284. The van der Waals surface area contributed by atoms with Gasteiger partial charge in [0.25, 0.3) is 11.8 Å². The summed E-state index contributed by atoms with van der Waals surface area (Å²) >= 11 is 2.25. The number of benzene rings is 1. The number of rotatable bonds is 2. The summed E-state index contributed by atoms with van der Waals surface area (Å²) in [4.78, 5) is 53.4. The smallest absolute Gasteiger partial charge is 0.328 e. The van der Waals surface area contributed by atoms with Crippen molar-refractivity contribution in [1.82, 2.24) is 9.80 Å². The Morgan fingerprint density at radius 3 is 2.31 bits per heavy atom. The summed E-state index contributed by atoms with van der Waals surface area (Å²) in [5, 5.41) is 0. The molecule has 3 aliphatic rings. The second-order valence-electron chi connectivity index (χ2n) is 6.72. The molecule has 1 aromatic carbocycles. The van der Waals surface area contributed by atoms with E-state index in [0.29, 0.717) is 30.4 Å². The van der Waals surface area contributed by atoms with E-state index in [1.54, 1.807) is 29.2 Å². The van der Waals surface area contributed by atoms with Crippen molar-refractivity contribution < 1.29 is 23.9 Å². The molecule has 4 atom stereocenters. The minimum atomic E-state index is -0.884. The SMILES string of the molecule is COC(=O)[C@@H]1CC[C@H]2[C@@H](I)C[C@H](N3C(=O)c4ccccc4C3=O)C(=O)N12. The van der Waals surface area contributed by atoms with Gasteiger partial charge in [0.05, 0.1) is 18.2 Å². The van der Waals surface area contributed by atoms with Crippen LogP contribution < -0.4 is 0 Å². The van der Waals surface area contributed by atoms with Crippen LogP contribution in [0.15, 0.2) is 24.3 Å². The molecule has 26 heavy (non-hydrogen) atoms. The summed E-state index contributed by atoms with van der Waals surface area (Å²) in [6, 6.07) is 4.99. The highest BCUT2D eigenvalue weighted by Gasteiger charge is 2.54. The highest BCUT2D eigenvalue weighted by atomic mass is 127. The number of alkyl halides is 1. The minimum Gasteiger partial charge on any atom is -0.467 e. The molecule has 0 spiro atoms. The van der Waals surface area contributed by atoms with Crippen molar-refractivity contribution in [2.75, 3.05) is 7.11 Å². The molecule has 0 unspecified atom stereocenters. The number of hydrogen-bond donors (Lipinski definition) is 0. The van der Waals surface area contributed by atoms with E-state index in [9.17, 15) is 19.2 Å². The standard InChI is InChI=1S/C18H17IN2O5/c1-26-18(25)13-7-6-12-11(19)8-14(17(24)20(12)13)21-15(22)9-4-2-3-5-10(9)16(21)23/h2-5,11-14H,6-8H2,1H3/t11-,12-,13-,14-/m0/s1. The van der Waals surface area contributed by atoms with Gasteiger partial charge in [0, 0.05) is 9.97 Å². The summed E-state index contributed by atoms with van der Waals surface area (Å²) < 4.78 is 4.89. The van der Waals surface area contributed by atoms with Gasteiger partial charge in [0.1, 0.15) is 12.1 Å². The zero-order chi connectivity index (χ0) is 18.6. The number of carbonyl (C=O) groups excluding carboxylic acids is 4. The van der Waals surface area contributed by atoms with Gasteiger partial charge in [-0.1, -0.05) is 34.7 Å². The lowest BCUT2D eigenvalue weighted by atomic mass is 9.96. The molecule has 0 bridgehead atoms. The average Bonchev–Trinajstić information content (AvgIpc) is 3.20. The van der Waals surface area contributed by atoms with Gasteiger partial charge in [0.2, 0.25) is 5.91 Å². The first-order chi connectivity index (χ1) is 12.5. The lowest BCUT2D eigenvalue weighted by Crippen LogP contribution is -2.61. The molecule has 0 aromatic heterocycles. The minimum absolute atomic E-state index is 0.0502. The van der Waals surface area contributed by atoms with E-state index in [4.69, 9.17) is 4.74 Å². The van der Waals surface area contributed by atoms with Crippen molar-refractivity contribution in [3.63, 3.8) is 0 Å². The fourth-order valence-electron chi connectivity index (χ4n) is 4.23. The Balaban J connectivity index is 1.68. The fraction of sp³-hybridized carbons (Fsp3) is 0.444. The van der Waals surface area contributed by atoms with E-state index < -0.39 is 29.9 Å². The maximum absolute atomic E-state index is 13.2. The van der Waals surface area contributed by atoms with Gasteiger partial charge >= 0.3 is 5.97 Å². The zero-order valence-electron chi connectivity index (χ0n) is 14.1. The van der Waals surface area contributed by atoms with E-state index in [1.807, 2.05) is 0 Å². The van der Waals surface area contributed by atoms with Gasteiger partial charge in [-0.2, -0.15) is 0 Å². The predicted molar refractivity (Wildman–Crippen MR) is 98.8 cm³/mol. The third-order valence-electron chi connectivity index (χ3n) is 5.44. The molecule has 8 heteroatoms. The normalized spacial score (nSPS) is 30.5. The Kier molecular flexibility index (Phi) is 4.25. The Labute approximate surface area is 163 Å². The third kappa shape index (κ3) is 2.38. The first-order valence-corrected chi connectivity index (χ1v) is 9.71. The van der Waals surface area contributed by atoms with E-state index in [-0.39, 0.29) is 15.9 Å². The predicted octanol–water partition coefficient (Wildman–Crippen LogP) is 1.39. The number of fused-ring (bicyclic) bond motifs is 2. The monoisotopic (exact) mass is 468 g/mol. The summed E-state index contributed by atoms with van der Waals surface area (Å²) in [5.74, 6) is -1.68. The largest absolute Gasteiger partial charge is 0.467 e. The Hall–Kier alpha value is -1.97. The first kappa shape index (κ1) is 17.4. The number of hydrogen-bond acceptors (Lipinski definition) is 5. The fourth-order valence-corrected chi connectivity index (χ4v) is 5.42. The topological polar surface area (TPSA) is 84.0 Å². The molecular weight excluding hydrogens is 451 g/mol. The van der Waals surface area contributed by atoms with Crippen LogP contribution in [0.5, 0.6) is 0 Å². The van der Waals surface area contributed by atoms with Crippen LogP contribution in [-0.2, 0) is 14.3 Å². The van der Waals surface area contributed by atoms with Gasteiger partial charge in [-0.25, -0.2) is 4.79 Å².